The molecule has 3 aromatic rings. The Hall–Kier alpha value is -3.32. The lowest BCUT2D eigenvalue weighted by molar-refractivity contribution is -0.113. The molecule has 0 aliphatic heterocycles. The minimum Gasteiger partial charge on any atom is -0.495 e. The van der Waals surface area contributed by atoms with E-state index in [1.54, 1.807) is 19.2 Å². The quantitative estimate of drug-likeness (QED) is 0.511. The molecule has 0 unspecified atom stereocenters. The summed E-state index contributed by atoms with van der Waals surface area (Å²) in [5, 5.41) is 6.30. The Morgan fingerprint density at radius 1 is 1.00 bits per heavy atom. The highest BCUT2D eigenvalue weighted by molar-refractivity contribution is 8.00. The number of aryl methyl sites for hydroxylation is 3. The molecule has 6 nitrogen and oxygen atoms in total. The van der Waals surface area contributed by atoms with Crippen LogP contribution in [0.4, 0.5) is 11.4 Å². The Morgan fingerprint density at radius 3 is 2.52 bits per heavy atom. The molecular formula is C24H25N3O3S. The van der Waals surface area contributed by atoms with Gasteiger partial charge in [0.15, 0.2) is 0 Å². The largest absolute Gasteiger partial charge is 0.495 e. The molecule has 2 N–H and O–H groups in total. The van der Waals surface area contributed by atoms with Gasteiger partial charge in [0, 0.05) is 11.4 Å². The van der Waals surface area contributed by atoms with E-state index in [1.165, 1.54) is 11.8 Å². The first-order chi connectivity index (χ1) is 14.9. The van der Waals surface area contributed by atoms with Gasteiger partial charge in [0.2, 0.25) is 5.91 Å². The summed E-state index contributed by atoms with van der Waals surface area (Å²) in [5.41, 5.74) is 4.44. The molecule has 0 atom stereocenters. The standard InChI is InChI=1S/C24H25N3O3S/c1-15-8-7-9-18(12-15)26-23(29)22-16(2)13-17(3)25-24(22)31-14-21(28)27-19-10-5-6-11-20(19)30-4/h5-13H,14H2,1-4H3,(H,26,29)(H,27,28). The minimum atomic E-state index is -0.247. The Kier molecular flexibility index (Phi) is 7.31. The second-order valence-corrected chi connectivity index (χ2v) is 8.09. The number of hydrogen-bond acceptors (Lipinski definition) is 5. The zero-order valence-electron chi connectivity index (χ0n) is 18.0. The third-order valence-electron chi connectivity index (χ3n) is 4.54. The van der Waals surface area contributed by atoms with E-state index in [2.05, 4.69) is 15.6 Å². The molecule has 2 amide bonds. The van der Waals surface area contributed by atoms with E-state index in [0.717, 1.165) is 22.5 Å². The van der Waals surface area contributed by atoms with Crippen LogP contribution in [0.1, 0.15) is 27.2 Å². The Bertz CT molecular complexity index is 1110. The summed E-state index contributed by atoms with van der Waals surface area (Å²) in [5.74, 6) is 0.242. The molecule has 1 heterocycles. The molecule has 0 saturated carbocycles. The summed E-state index contributed by atoms with van der Waals surface area (Å²) in [6.45, 7) is 5.71. The minimum absolute atomic E-state index is 0.110. The molecule has 1 aromatic heterocycles. The fraction of sp³-hybridized carbons (Fsp3) is 0.208. The van der Waals surface area contributed by atoms with Crippen LogP contribution in [-0.4, -0.2) is 29.7 Å². The first-order valence-corrected chi connectivity index (χ1v) is 10.8. The van der Waals surface area contributed by atoms with Gasteiger partial charge in [0.05, 0.1) is 24.1 Å². The lowest BCUT2D eigenvalue weighted by Gasteiger charge is -2.14. The number of para-hydroxylation sites is 2. The van der Waals surface area contributed by atoms with Crippen molar-refractivity contribution in [1.29, 1.82) is 0 Å². The molecule has 0 spiro atoms. The van der Waals surface area contributed by atoms with Gasteiger partial charge in [-0.3, -0.25) is 9.59 Å². The number of methoxy groups -OCH3 is 1. The van der Waals surface area contributed by atoms with Gasteiger partial charge in [-0.05, 0) is 62.2 Å². The summed E-state index contributed by atoms with van der Waals surface area (Å²) in [6.07, 6.45) is 0. The van der Waals surface area contributed by atoms with E-state index < -0.39 is 0 Å². The van der Waals surface area contributed by atoms with Crippen LogP contribution in [0, 0.1) is 20.8 Å². The predicted octanol–water partition coefficient (Wildman–Crippen LogP) is 5.00. The van der Waals surface area contributed by atoms with E-state index in [1.807, 2.05) is 63.2 Å². The van der Waals surface area contributed by atoms with Crippen molar-refractivity contribution in [2.75, 3.05) is 23.5 Å². The van der Waals surface area contributed by atoms with Crippen LogP contribution in [-0.2, 0) is 4.79 Å². The van der Waals surface area contributed by atoms with Crippen molar-refractivity contribution in [2.24, 2.45) is 0 Å². The number of carbonyl (C=O) groups is 2. The van der Waals surface area contributed by atoms with Gasteiger partial charge in [-0.15, -0.1) is 0 Å². The third-order valence-corrected chi connectivity index (χ3v) is 5.51. The number of aromatic nitrogens is 1. The van der Waals surface area contributed by atoms with Gasteiger partial charge >= 0.3 is 0 Å². The SMILES string of the molecule is COc1ccccc1NC(=O)CSc1nc(C)cc(C)c1C(=O)Nc1cccc(C)c1. The second-order valence-electron chi connectivity index (χ2n) is 7.12. The number of thioether (sulfide) groups is 1. The average Bonchev–Trinajstić information content (AvgIpc) is 2.72. The van der Waals surface area contributed by atoms with E-state index >= 15 is 0 Å². The maximum atomic E-state index is 13.0. The van der Waals surface area contributed by atoms with E-state index in [-0.39, 0.29) is 17.6 Å². The van der Waals surface area contributed by atoms with Gasteiger partial charge in [-0.2, -0.15) is 0 Å². The number of anilines is 2. The number of hydrogen-bond donors (Lipinski definition) is 2. The van der Waals surface area contributed by atoms with Crippen molar-refractivity contribution in [3.05, 3.63) is 77.0 Å². The molecule has 3 rings (SSSR count). The number of benzene rings is 2. The van der Waals surface area contributed by atoms with Crippen LogP contribution in [0.25, 0.3) is 0 Å². The Labute approximate surface area is 186 Å². The third kappa shape index (κ3) is 5.86. The van der Waals surface area contributed by atoms with E-state index in [0.29, 0.717) is 22.0 Å². The maximum Gasteiger partial charge on any atom is 0.258 e. The van der Waals surface area contributed by atoms with Crippen molar-refractivity contribution >= 4 is 35.0 Å². The monoisotopic (exact) mass is 435 g/mol. The number of amides is 2. The Morgan fingerprint density at radius 2 is 1.77 bits per heavy atom. The topological polar surface area (TPSA) is 80.3 Å². The van der Waals surface area contributed by atoms with Crippen molar-refractivity contribution in [3.8, 4) is 5.75 Å². The number of ether oxygens (including phenoxy) is 1. The molecule has 0 radical (unpaired) electrons. The van der Waals surface area contributed by atoms with Crippen molar-refractivity contribution in [1.82, 2.24) is 4.98 Å². The lowest BCUT2D eigenvalue weighted by atomic mass is 10.1. The molecule has 0 saturated heterocycles. The van der Waals surface area contributed by atoms with Crippen molar-refractivity contribution in [3.63, 3.8) is 0 Å². The fourth-order valence-corrected chi connectivity index (χ4v) is 4.11. The normalized spacial score (nSPS) is 10.5. The summed E-state index contributed by atoms with van der Waals surface area (Å²) >= 11 is 1.23. The number of carbonyl (C=O) groups excluding carboxylic acids is 2. The van der Waals surface area contributed by atoms with E-state index in [9.17, 15) is 9.59 Å². The van der Waals surface area contributed by atoms with Crippen molar-refractivity contribution in [2.45, 2.75) is 25.8 Å². The van der Waals surface area contributed by atoms with Gasteiger partial charge in [-0.1, -0.05) is 36.0 Å². The van der Waals surface area contributed by atoms with Crippen LogP contribution < -0.4 is 15.4 Å². The molecule has 2 aromatic carbocycles. The van der Waals surface area contributed by atoms with Crippen LogP contribution in [0.5, 0.6) is 5.75 Å². The smallest absolute Gasteiger partial charge is 0.258 e. The summed E-state index contributed by atoms with van der Waals surface area (Å²) in [6, 6.07) is 16.7. The van der Waals surface area contributed by atoms with Crippen LogP contribution in [0.3, 0.4) is 0 Å². The highest BCUT2D eigenvalue weighted by Gasteiger charge is 2.19. The van der Waals surface area contributed by atoms with Gasteiger partial charge < -0.3 is 15.4 Å². The number of nitrogens with zero attached hydrogens (tertiary/aromatic N) is 1. The average molecular weight is 436 g/mol. The maximum absolute atomic E-state index is 13.0. The molecule has 31 heavy (non-hydrogen) atoms. The Balaban J connectivity index is 1.76. The van der Waals surface area contributed by atoms with Crippen molar-refractivity contribution < 1.29 is 14.3 Å². The summed E-state index contributed by atoms with van der Waals surface area (Å²) in [7, 11) is 1.55. The fourth-order valence-electron chi connectivity index (χ4n) is 3.17. The van der Waals surface area contributed by atoms with Gasteiger partial charge in [0.1, 0.15) is 10.8 Å². The van der Waals surface area contributed by atoms with Crippen LogP contribution in [0.15, 0.2) is 59.6 Å². The molecule has 0 aliphatic carbocycles. The number of pyridine rings is 1. The first-order valence-electron chi connectivity index (χ1n) is 9.79. The van der Waals surface area contributed by atoms with Crippen LogP contribution in [0.2, 0.25) is 0 Å². The first kappa shape index (κ1) is 22.4. The highest BCUT2D eigenvalue weighted by Crippen LogP contribution is 2.27. The predicted molar refractivity (Wildman–Crippen MR) is 125 cm³/mol. The summed E-state index contributed by atoms with van der Waals surface area (Å²) in [4.78, 5) is 30.1. The van der Waals surface area contributed by atoms with Gasteiger partial charge in [0.25, 0.3) is 5.91 Å². The highest BCUT2D eigenvalue weighted by atomic mass is 32.2. The zero-order chi connectivity index (χ0) is 22.4. The molecule has 0 fully saturated rings. The molecule has 7 heteroatoms. The molecule has 0 bridgehead atoms. The molecular weight excluding hydrogens is 410 g/mol. The van der Waals surface area contributed by atoms with E-state index in [4.69, 9.17) is 4.74 Å². The van der Waals surface area contributed by atoms with Gasteiger partial charge in [-0.25, -0.2) is 4.98 Å². The summed E-state index contributed by atoms with van der Waals surface area (Å²) < 4.78 is 5.27. The lowest BCUT2D eigenvalue weighted by Crippen LogP contribution is -2.18. The molecule has 0 aliphatic rings. The zero-order valence-corrected chi connectivity index (χ0v) is 18.8. The molecule has 160 valence electrons. The second kappa shape index (κ2) is 10.1. The number of nitrogens with one attached hydrogen (secondary N) is 2. The van der Waals surface area contributed by atoms with Crippen LogP contribution >= 0.6 is 11.8 Å². The number of rotatable bonds is 7.